The van der Waals surface area contributed by atoms with Gasteiger partial charge < -0.3 is 0 Å². The van der Waals surface area contributed by atoms with Gasteiger partial charge in [0.2, 0.25) is 5.91 Å². The Bertz CT molecular complexity index is 549. The highest BCUT2D eigenvalue weighted by Gasteiger charge is 2.32. The second-order valence-corrected chi connectivity index (χ2v) is 10.1. The number of nitrogens with zero attached hydrogens (tertiary/aromatic N) is 1. The molecule has 1 fully saturated rings. The Morgan fingerprint density at radius 3 is 2.52 bits per heavy atom. The molecule has 0 spiro atoms. The number of hydrogen-bond acceptors (Lipinski definition) is 4. The quantitative estimate of drug-likeness (QED) is 0.538. The van der Waals surface area contributed by atoms with Crippen LogP contribution in [-0.4, -0.2) is 27.7 Å². The molecule has 0 saturated carbocycles. The van der Waals surface area contributed by atoms with Crippen molar-refractivity contribution < 1.29 is 4.79 Å². The molecule has 0 unspecified atom stereocenters. The fraction of sp³-hybridized carbons (Fsp3) is 0.429. The number of carbonyl (C=O) groups is 1. The second kappa shape index (κ2) is 7.53. The smallest absolute Gasteiger partial charge is 0.242 e. The van der Waals surface area contributed by atoms with Gasteiger partial charge in [-0.1, -0.05) is 31.9 Å². The van der Waals surface area contributed by atoms with Gasteiger partial charge in [-0.25, -0.2) is 5.43 Å². The highest BCUT2D eigenvalue weighted by atomic mass is 79.9. The molecule has 2 rings (SSSR count). The molecule has 0 aliphatic carbocycles. The van der Waals surface area contributed by atoms with E-state index in [1.165, 1.54) is 0 Å². The van der Waals surface area contributed by atoms with Gasteiger partial charge in [-0.15, -0.1) is 23.5 Å². The molecule has 1 aromatic rings. The second-order valence-electron chi connectivity index (χ2n) is 4.91. The number of benzene rings is 1. The summed E-state index contributed by atoms with van der Waals surface area (Å²) in [5, 5.41) is 4.04. The van der Waals surface area contributed by atoms with Crippen molar-refractivity contribution in [3.8, 4) is 0 Å². The van der Waals surface area contributed by atoms with Gasteiger partial charge in [-0.2, -0.15) is 5.10 Å². The molecule has 1 N–H and O–H groups in total. The highest BCUT2D eigenvalue weighted by Crippen LogP contribution is 2.45. The summed E-state index contributed by atoms with van der Waals surface area (Å²) in [5.74, 6) is 2.19. The number of hydrogen-bond donors (Lipinski definition) is 1. The van der Waals surface area contributed by atoms with Crippen LogP contribution in [0, 0.1) is 6.92 Å². The molecule has 1 aliphatic rings. The standard InChI is InChI=1S/C14H16Br2N2OS2/c1-9-11(15)5-10(6-12(9)16)8-17-18-13(19)7-14(2)20-3-4-21-14/h5-6,8H,3-4,7H2,1-2H3,(H,18,19)/b17-8-. The molecule has 1 heterocycles. The molecular formula is C14H16Br2N2OS2. The molecule has 3 nitrogen and oxygen atoms in total. The van der Waals surface area contributed by atoms with Crippen LogP contribution in [0.4, 0.5) is 0 Å². The van der Waals surface area contributed by atoms with Crippen LogP contribution < -0.4 is 5.43 Å². The lowest BCUT2D eigenvalue weighted by atomic mass is 10.2. The maximum atomic E-state index is 11.9. The zero-order chi connectivity index (χ0) is 15.5. The van der Waals surface area contributed by atoms with Gasteiger partial charge in [0, 0.05) is 20.5 Å². The Morgan fingerprint density at radius 2 is 1.95 bits per heavy atom. The largest absolute Gasteiger partial charge is 0.273 e. The van der Waals surface area contributed by atoms with E-state index in [2.05, 4.69) is 49.3 Å². The molecule has 0 aromatic heterocycles. The predicted molar refractivity (Wildman–Crippen MR) is 100 cm³/mol. The first-order valence-corrected chi connectivity index (χ1v) is 10.0. The van der Waals surface area contributed by atoms with Crippen molar-refractivity contribution in [3.63, 3.8) is 0 Å². The molecule has 21 heavy (non-hydrogen) atoms. The SMILES string of the molecule is Cc1c(Br)cc(/C=N\NC(=O)CC2(C)SCCS2)cc1Br. The Kier molecular flexibility index (Phi) is 6.23. The van der Waals surface area contributed by atoms with Gasteiger partial charge >= 0.3 is 0 Å². The number of nitrogens with one attached hydrogen (secondary N) is 1. The van der Waals surface area contributed by atoms with Crippen LogP contribution in [0.25, 0.3) is 0 Å². The van der Waals surface area contributed by atoms with E-state index < -0.39 is 0 Å². The molecule has 7 heteroatoms. The van der Waals surface area contributed by atoms with Crippen LogP contribution in [0.2, 0.25) is 0 Å². The van der Waals surface area contributed by atoms with E-state index >= 15 is 0 Å². The number of amides is 1. The summed E-state index contributed by atoms with van der Waals surface area (Å²) in [5.41, 5.74) is 4.67. The molecule has 114 valence electrons. The lowest BCUT2D eigenvalue weighted by Gasteiger charge is -2.19. The Morgan fingerprint density at radius 1 is 1.38 bits per heavy atom. The zero-order valence-electron chi connectivity index (χ0n) is 11.8. The maximum Gasteiger partial charge on any atom is 0.242 e. The monoisotopic (exact) mass is 450 g/mol. The average molecular weight is 452 g/mol. The zero-order valence-corrected chi connectivity index (χ0v) is 16.6. The van der Waals surface area contributed by atoms with Crippen molar-refractivity contribution in [2.75, 3.05) is 11.5 Å². The van der Waals surface area contributed by atoms with Crippen LogP contribution in [0.1, 0.15) is 24.5 Å². The minimum Gasteiger partial charge on any atom is -0.273 e. The van der Waals surface area contributed by atoms with Crippen molar-refractivity contribution in [2.24, 2.45) is 5.10 Å². The Labute approximate surface area is 150 Å². The predicted octanol–water partition coefficient (Wildman–Crippen LogP) is 4.56. The number of hydrazone groups is 1. The van der Waals surface area contributed by atoms with Crippen LogP contribution in [-0.2, 0) is 4.79 Å². The summed E-state index contributed by atoms with van der Waals surface area (Å²) >= 11 is 10.7. The van der Waals surface area contributed by atoms with E-state index in [1.54, 1.807) is 6.21 Å². The van der Waals surface area contributed by atoms with E-state index in [1.807, 2.05) is 42.6 Å². The summed E-state index contributed by atoms with van der Waals surface area (Å²) in [7, 11) is 0. The van der Waals surface area contributed by atoms with Gasteiger partial charge in [0.1, 0.15) is 0 Å². The summed E-state index contributed by atoms with van der Waals surface area (Å²) in [6.07, 6.45) is 2.14. The van der Waals surface area contributed by atoms with E-state index in [9.17, 15) is 4.79 Å². The first kappa shape index (κ1) is 17.4. The summed E-state index contributed by atoms with van der Waals surface area (Å²) in [6.45, 7) is 4.14. The third kappa shape index (κ3) is 5.01. The van der Waals surface area contributed by atoms with Crippen molar-refractivity contribution >= 4 is 67.5 Å². The van der Waals surface area contributed by atoms with Crippen LogP contribution in [0.3, 0.4) is 0 Å². The molecule has 1 aliphatic heterocycles. The van der Waals surface area contributed by atoms with E-state index in [-0.39, 0.29) is 9.99 Å². The fourth-order valence-electron chi connectivity index (χ4n) is 1.91. The number of carbonyl (C=O) groups excluding carboxylic acids is 1. The van der Waals surface area contributed by atoms with Crippen molar-refractivity contribution in [2.45, 2.75) is 24.3 Å². The summed E-state index contributed by atoms with van der Waals surface area (Å²) in [6, 6.07) is 3.94. The fourth-order valence-corrected chi connectivity index (χ4v) is 5.96. The molecular weight excluding hydrogens is 436 g/mol. The highest BCUT2D eigenvalue weighted by molar-refractivity contribution is 9.11. The summed E-state index contributed by atoms with van der Waals surface area (Å²) in [4.78, 5) is 11.9. The lowest BCUT2D eigenvalue weighted by molar-refractivity contribution is -0.121. The number of halogens is 2. The third-order valence-electron chi connectivity index (χ3n) is 3.09. The van der Waals surface area contributed by atoms with Gasteiger partial charge in [0.25, 0.3) is 0 Å². The third-order valence-corrected chi connectivity index (χ3v) is 8.03. The number of rotatable bonds is 4. The molecule has 0 radical (unpaired) electrons. The van der Waals surface area contributed by atoms with E-state index in [0.29, 0.717) is 6.42 Å². The van der Waals surface area contributed by atoms with E-state index in [0.717, 1.165) is 31.6 Å². The first-order chi connectivity index (χ1) is 9.89. The minimum absolute atomic E-state index is 0.00445. The van der Waals surface area contributed by atoms with E-state index in [4.69, 9.17) is 0 Å². The van der Waals surface area contributed by atoms with Crippen molar-refractivity contribution in [1.82, 2.24) is 5.43 Å². The molecule has 1 aromatic carbocycles. The lowest BCUT2D eigenvalue weighted by Crippen LogP contribution is -2.26. The Hall–Kier alpha value is 0.0200. The van der Waals surface area contributed by atoms with Gasteiger partial charge in [-0.3, -0.25) is 4.79 Å². The van der Waals surface area contributed by atoms with Crippen LogP contribution >= 0.6 is 55.4 Å². The van der Waals surface area contributed by atoms with Gasteiger partial charge in [0.05, 0.1) is 16.7 Å². The van der Waals surface area contributed by atoms with Gasteiger partial charge in [-0.05, 0) is 37.1 Å². The average Bonchev–Trinajstić information content (AvgIpc) is 2.82. The van der Waals surface area contributed by atoms with Crippen LogP contribution in [0.15, 0.2) is 26.2 Å². The molecule has 1 amide bonds. The van der Waals surface area contributed by atoms with Crippen molar-refractivity contribution in [1.29, 1.82) is 0 Å². The maximum absolute atomic E-state index is 11.9. The molecule has 0 atom stereocenters. The number of thioether (sulfide) groups is 2. The molecule has 0 bridgehead atoms. The topological polar surface area (TPSA) is 41.5 Å². The van der Waals surface area contributed by atoms with Gasteiger partial charge in [0.15, 0.2) is 0 Å². The van der Waals surface area contributed by atoms with Crippen LogP contribution in [0.5, 0.6) is 0 Å². The first-order valence-electron chi connectivity index (χ1n) is 6.45. The summed E-state index contributed by atoms with van der Waals surface area (Å²) < 4.78 is 2.02. The minimum atomic E-state index is -0.0408. The molecule has 1 saturated heterocycles. The van der Waals surface area contributed by atoms with Crippen molar-refractivity contribution in [3.05, 3.63) is 32.2 Å². The normalized spacial score (nSPS) is 17.3. The Balaban J connectivity index is 1.91.